The molecule has 0 spiro atoms. The van der Waals surface area contributed by atoms with Gasteiger partial charge in [-0.2, -0.15) is 0 Å². The van der Waals surface area contributed by atoms with Crippen LogP contribution >= 0.6 is 0 Å². The first-order chi connectivity index (χ1) is 10.2. The van der Waals surface area contributed by atoms with Gasteiger partial charge in [0.1, 0.15) is 12.4 Å². The highest BCUT2D eigenvalue weighted by molar-refractivity contribution is 5.93. The maximum Gasteiger partial charge on any atom is 0.265 e. The number of amides is 1. The molecule has 1 amide bonds. The standard InChI is InChI=1S/C15H23N3O3/c1-12-11-18(7-2-9-20-12)8-10-21-14-5-3-13(4-6-14)15(19)17-16/h3-6,12H,2,7-11,16H2,1H3,(H,17,19). The fourth-order valence-electron chi connectivity index (χ4n) is 2.36. The van der Waals surface area contributed by atoms with Gasteiger partial charge in [-0.15, -0.1) is 0 Å². The Bertz CT molecular complexity index is 450. The molecule has 1 unspecified atom stereocenters. The number of carbonyl (C=O) groups excluding carboxylic acids is 1. The summed E-state index contributed by atoms with van der Waals surface area (Å²) in [4.78, 5) is 13.7. The number of rotatable bonds is 5. The third-order valence-corrected chi connectivity index (χ3v) is 3.46. The molecule has 1 aromatic rings. The van der Waals surface area contributed by atoms with Gasteiger partial charge in [-0.25, -0.2) is 5.84 Å². The molecule has 0 aromatic heterocycles. The first-order valence-electron chi connectivity index (χ1n) is 7.27. The predicted octanol–water partition coefficient (Wildman–Crippen LogP) is 0.780. The van der Waals surface area contributed by atoms with Crippen molar-refractivity contribution in [3.8, 4) is 5.75 Å². The van der Waals surface area contributed by atoms with Crippen molar-refractivity contribution in [1.82, 2.24) is 10.3 Å². The topological polar surface area (TPSA) is 76.8 Å². The summed E-state index contributed by atoms with van der Waals surface area (Å²) in [6.07, 6.45) is 1.34. The van der Waals surface area contributed by atoms with E-state index in [0.717, 1.165) is 38.4 Å². The quantitative estimate of drug-likeness (QED) is 0.476. The van der Waals surface area contributed by atoms with Crippen molar-refractivity contribution in [2.24, 2.45) is 5.84 Å². The van der Waals surface area contributed by atoms with Crippen LogP contribution in [0.2, 0.25) is 0 Å². The summed E-state index contributed by atoms with van der Waals surface area (Å²) in [5, 5.41) is 0. The van der Waals surface area contributed by atoms with Gasteiger partial charge in [0.25, 0.3) is 5.91 Å². The molecule has 21 heavy (non-hydrogen) atoms. The molecule has 6 nitrogen and oxygen atoms in total. The van der Waals surface area contributed by atoms with Crippen LogP contribution in [0.3, 0.4) is 0 Å². The average molecular weight is 293 g/mol. The first-order valence-corrected chi connectivity index (χ1v) is 7.27. The summed E-state index contributed by atoms with van der Waals surface area (Å²) in [6, 6.07) is 6.94. The maximum atomic E-state index is 11.3. The second-order valence-corrected chi connectivity index (χ2v) is 5.18. The summed E-state index contributed by atoms with van der Waals surface area (Å²) in [7, 11) is 0. The Kier molecular flexibility index (Phi) is 5.98. The number of ether oxygens (including phenoxy) is 2. The second kappa shape index (κ2) is 7.97. The number of nitrogens with zero attached hydrogens (tertiary/aromatic N) is 1. The molecule has 1 aromatic carbocycles. The molecule has 3 N–H and O–H groups in total. The van der Waals surface area contributed by atoms with Gasteiger partial charge in [0, 0.05) is 31.8 Å². The van der Waals surface area contributed by atoms with E-state index in [0.29, 0.717) is 12.2 Å². The van der Waals surface area contributed by atoms with Crippen LogP contribution in [0.25, 0.3) is 0 Å². The van der Waals surface area contributed by atoms with E-state index in [9.17, 15) is 4.79 Å². The van der Waals surface area contributed by atoms with Crippen molar-refractivity contribution in [3.63, 3.8) is 0 Å². The van der Waals surface area contributed by atoms with Crippen LogP contribution in [0.1, 0.15) is 23.7 Å². The molecule has 0 bridgehead atoms. The Morgan fingerprint density at radius 1 is 1.48 bits per heavy atom. The molecule has 1 aliphatic rings. The summed E-state index contributed by atoms with van der Waals surface area (Å²) in [5.41, 5.74) is 2.62. The van der Waals surface area contributed by atoms with Crippen molar-refractivity contribution in [2.45, 2.75) is 19.4 Å². The van der Waals surface area contributed by atoms with Crippen LogP contribution in [-0.4, -0.2) is 49.8 Å². The minimum atomic E-state index is -0.305. The molecule has 1 aliphatic heterocycles. The number of hydrazine groups is 1. The molecule has 2 rings (SSSR count). The normalized spacial score (nSPS) is 19.8. The summed E-state index contributed by atoms with van der Waals surface area (Å²) < 4.78 is 11.3. The molecule has 116 valence electrons. The Morgan fingerprint density at radius 3 is 2.95 bits per heavy atom. The molecule has 1 heterocycles. The van der Waals surface area contributed by atoms with E-state index in [1.807, 2.05) is 0 Å². The fraction of sp³-hybridized carbons (Fsp3) is 0.533. The Balaban J connectivity index is 1.76. The number of nitrogens with one attached hydrogen (secondary N) is 1. The minimum absolute atomic E-state index is 0.279. The van der Waals surface area contributed by atoms with Crippen molar-refractivity contribution in [3.05, 3.63) is 29.8 Å². The predicted molar refractivity (Wildman–Crippen MR) is 80.1 cm³/mol. The third-order valence-electron chi connectivity index (χ3n) is 3.46. The van der Waals surface area contributed by atoms with Crippen molar-refractivity contribution in [2.75, 3.05) is 32.8 Å². The molecule has 0 aliphatic carbocycles. The van der Waals surface area contributed by atoms with E-state index in [1.54, 1.807) is 24.3 Å². The molecule has 0 saturated carbocycles. The number of nitrogens with two attached hydrogens (primary N) is 1. The van der Waals surface area contributed by atoms with E-state index < -0.39 is 0 Å². The Morgan fingerprint density at radius 2 is 2.24 bits per heavy atom. The molecular formula is C15H23N3O3. The van der Waals surface area contributed by atoms with Crippen LogP contribution in [0, 0.1) is 0 Å². The SMILES string of the molecule is CC1CN(CCOc2ccc(C(=O)NN)cc2)CCCO1. The van der Waals surface area contributed by atoms with Gasteiger partial charge in [0.2, 0.25) is 0 Å². The van der Waals surface area contributed by atoms with E-state index in [1.165, 1.54) is 0 Å². The zero-order chi connectivity index (χ0) is 15.1. The van der Waals surface area contributed by atoms with Crippen LogP contribution in [0.5, 0.6) is 5.75 Å². The Labute approximate surface area is 125 Å². The average Bonchev–Trinajstić information content (AvgIpc) is 2.71. The molecule has 1 atom stereocenters. The summed E-state index contributed by atoms with van der Waals surface area (Å²) in [6.45, 7) is 6.42. The van der Waals surface area contributed by atoms with Crippen LogP contribution in [-0.2, 0) is 4.74 Å². The molecule has 1 saturated heterocycles. The van der Waals surface area contributed by atoms with E-state index in [-0.39, 0.29) is 12.0 Å². The summed E-state index contributed by atoms with van der Waals surface area (Å²) >= 11 is 0. The van der Waals surface area contributed by atoms with Gasteiger partial charge < -0.3 is 9.47 Å². The van der Waals surface area contributed by atoms with Gasteiger partial charge in [0.15, 0.2) is 0 Å². The zero-order valence-corrected chi connectivity index (χ0v) is 12.4. The second-order valence-electron chi connectivity index (χ2n) is 5.18. The molecule has 0 radical (unpaired) electrons. The highest BCUT2D eigenvalue weighted by atomic mass is 16.5. The zero-order valence-electron chi connectivity index (χ0n) is 12.4. The maximum absolute atomic E-state index is 11.3. The smallest absolute Gasteiger partial charge is 0.265 e. The van der Waals surface area contributed by atoms with Crippen LogP contribution < -0.4 is 16.0 Å². The number of carbonyl (C=O) groups is 1. The van der Waals surface area contributed by atoms with Gasteiger partial charge in [-0.05, 0) is 37.6 Å². The van der Waals surface area contributed by atoms with E-state index in [4.69, 9.17) is 15.3 Å². The lowest BCUT2D eigenvalue weighted by Crippen LogP contribution is -2.33. The van der Waals surface area contributed by atoms with Gasteiger partial charge >= 0.3 is 0 Å². The first kappa shape index (κ1) is 15.8. The lowest BCUT2D eigenvalue weighted by atomic mass is 10.2. The lowest BCUT2D eigenvalue weighted by molar-refractivity contribution is 0.0658. The highest BCUT2D eigenvalue weighted by Gasteiger charge is 2.14. The van der Waals surface area contributed by atoms with Crippen molar-refractivity contribution < 1.29 is 14.3 Å². The largest absolute Gasteiger partial charge is 0.492 e. The van der Waals surface area contributed by atoms with Gasteiger partial charge in [-0.3, -0.25) is 15.1 Å². The summed E-state index contributed by atoms with van der Waals surface area (Å²) in [5.74, 6) is 5.53. The number of hydrogen-bond acceptors (Lipinski definition) is 5. The monoisotopic (exact) mass is 293 g/mol. The van der Waals surface area contributed by atoms with Gasteiger partial charge in [0.05, 0.1) is 6.10 Å². The highest BCUT2D eigenvalue weighted by Crippen LogP contribution is 2.12. The van der Waals surface area contributed by atoms with Crippen LogP contribution in [0.15, 0.2) is 24.3 Å². The molecular weight excluding hydrogens is 270 g/mol. The lowest BCUT2D eigenvalue weighted by Gasteiger charge is -2.21. The number of benzene rings is 1. The fourth-order valence-corrected chi connectivity index (χ4v) is 2.36. The third kappa shape index (κ3) is 5.00. The van der Waals surface area contributed by atoms with Crippen molar-refractivity contribution >= 4 is 5.91 Å². The van der Waals surface area contributed by atoms with E-state index in [2.05, 4.69) is 17.2 Å². The number of nitrogen functional groups attached to an aromatic ring is 1. The van der Waals surface area contributed by atoms with Gasteiger partial charge in [-0.1, -0.05) is 0 Å². The van der Waals surface area contributed by atoms with Crippen molar-refractivity contribution in [1.29, 1.82) is 0 Å². The molecule has 6 heteroatoms. The Hall–Kier alpha value is -1.63. The number of hydrogen-bond donors (Lipinski definition) is 2. The van der Waals surface area contributed by atoms with Crippen LogP contribution in [0.4, 0.5) is 0 Å². The minimum Gasteiger partial charge on any atom is -0.492 e. The van der Waals surface area contributed by atoms with E-state index >= 15 is 0 Å². The molecule has 1 fully saturated rings.